The number of benzene rings is 3. The zero-order chi connectivity index (χ0) is 26.1. The van der Waals surface area contributed by atoms with Gasteiger partial charge >= 0.3 is 0 Å². The fourth-order valence-corrected chi connectivity index (χ4v) is 5.15. The van der Waals surface area contributed by atoms with Gasteiger partial charge in [0.15, 0.2) is 0 Å². The van der Waals surface area contributed by atoms with E-state index in [1.165, 1.54) is 23.3 Å². The van der Waals surface area contributed by atoms with E-state index in [0.29, 0.717) is 5.56 Å². The minimum atomic E-state index is -0.232. The summed E-state index contributed by atoms with van der Waals surface area (Å²) in [6.45, 7) is 8.65. The van der Waals surface area contributed by atoms with Gasteiger partial charge < -0.3 is 0 Å². The Bertz CT molecular complexity index is 1650. The van der Waals surface area contributed by atoms with Crippen molar-refractivity contribution in [3.8, 4) is 17.3 Å². The molecule has 5 aromatic rings. The molecule has 0 spiro atoms. The maximum absolute atomic E-state index is 13.7. The second kappa shape index (κ2) is 9.99. The molecule has 184 valence electrons. The van der Waals surface area contributed by atoms with Crippen LogP contribution in [-0.4, -0.2) is 14.8 Å². The molecular weight excluding hydrogens is 459 g/mol. The standard InChI is InChI=1S/C32H29FN4/c1-5-20(3)27(23-11-13-26(33)14-12-23)15-25-16-28-29(17-22(25)6-2)35-19-30-31(28)32(36-37(30)4)24-9-7-21(18-34)8-10-24/h7-14,16-17,19,27H,3,5-6,15H2,1-2,4H3. The van der Waals surface area contributed by atoms with Crippen molar-refractivity contribution in [2.45, 2.75) is 39.0 Å². The summed E-state index contributed by atoms with van der Waals surface area (Å²) in [6.07, 6.45) is 4.40. The van der Waals surface area contributed by atoms with Crippen LogP contribution in [-0.2, 0) is 19.9 Å². The Morgan fingerprint density at radius 1 is 1.05 bits per heavy atom. The fourth-order valence-electron chi connectivity index (χ4n) is 5.15. The van der Waals surface area contributed by atoms with Gasteiger partial charge in [-0.05, 0) is 72.4 Å². The van der Waals surface area contributed by atoms with Crippen molar-refractivity contribution >= 4 is 21.8 Å². The van der Waals surface area contributed by atoms with Gasteiger partial charge in [0.05, 0.1) is 28.9 Å². The van der Waals surface area contributed by atoms with Gasteiger partial charge in [-0.1, -0.05) is 50.3 Å². The Kier molecular flexibility index (Phi) is 6.58. The minimum absolute atomic E-state index is 0.0902. The molecule has 0 radical (unpaired) electrons. The van der Waals surface area contributed by atoms with Gasteiger partial charge in [0.2, 0.25) is 0 Å². The topological polar surface area (TPSA) is 54.5 Å². The first-order chi connectivity index (χ1) is 17.9. The molecule has 0 amide bonds. The molecule has 0 saturated carbocycles. The van der Waals surface area contributed by atoms with Crippen LogP contribution in [0.2, 0.25) is 0 Å². The summed E-state index contributed by atoms with van der Waals surface area (Å²) in [5, 5.41) is 16.2. The Morgan fingerprint density at radius 3 is 2.43 bits per heavy atom. The number of aryl methyl sites for hydroxylation is 2. The van der Waals surface area contributed by atoms with Gasteiger partial charge in [-0.2, -0.15) is 10.4 Å². The highest BCUT2D eigenvalue weighted by atomic mass is 19.1. The third-order valence-corrected chi connectivity index (χ3v) is 7.32. The van der Waals surface area contributed by atoms with Crippen LogP contribution in [0.25, 0.3) is 33.1 Å². The average Bonchev–Trinajstić information content (AvgIpc) is 3.28. The fraction of sp³-hybridized carbons (Fsp3) is 0.219. The van der Waals surface area contributed by atoms with E-state index in [0.717, 1.165) is 63.5 Å². The van der Waals surface area contributed by atoms with Crippen LogP contribution >= 0.6 is 0 Å². The molecule has 3 aromatic carbocycles. The number of nitriles is 1. The number of nitrogens with zero attached hydrogens (tertiary/aromatic N) is 4. The van der Waals surface area contributed by atoms with Gasteiger partial charge in [0.1, 0.15) is 11.5 Å². The van der Waals surface area contributed by atoms with Crippen LogP contribution in [0.1, 0.15) is 48.4 Å². The Labute approximate surface area is 216 Å². The van der Waals surface area contributed by atoms with Crippen LogP contribution < -0.4 is 0 Å². The zero-order valence-electron chi connectivity index (χ0n) is 21.4. The van der Waals surface area contributed by atoms with Crippen LogP contribution in [0.3, 0.4) is 0 Å². The summed E-state index contributed by atoms with van der Waals surface area (Å²) in [7, 11) is 1.93. The van der Waals surface area contributed by atoms with Crippen molar-refractivity contribution in [2.24, 2.45) is 7.05 Å². The normalized spacial score (nSPS) is 12.1. The smallest absolute Gasteiger partial charge is 0.123 e. The van der Waals surface area contributed by atoms with Gasteiger partial charge in [0, 0.05) is 29.3 Å². The van der Waals surface area contributed by atoms with Crippen molar-refractivity contribution in [1.82, 2.24) is 14.8 Å². The molecule has 0 bridgehead atoms. The molecule has 0 saturated heterocycles. The first-order valence-corrected chi connectivity index (χ1v) is 12.6. The quantitative estimate of drug-likeness (QED) is 0.221. The lowest BCUT2D eigenvalue weighted by atomic mass is 9.83. The Balaban J connectivity index is 1.70. The van der Waals surface area contributed by atoms with Crippen LogP contribution in [0, 0.1) is 17.1 Å². The molecule has 1 unspecified atom stereocenters. The molecule has 37 heavy (non-hydrogen) atoms. The van der Waals surface area contributed by atoms with Crippen LogP contribution in [0.4, 0.5) is 4.39 Å². The summed E-state index contributed by atoms with van der Waals surface area (Å²) in [6, 6.07) is 21.0. The van der Waals surface area contributed by atoms with E-state index in [4.69, 9.17) is 10.1 Å². The van der Waals surface area contributed by atoms with Crippen LogP contribution in [0.5, 0.6) is 0 Å². The van der Waals surface area contributed by atoms with Crippen molar-refractivity contribution in [1.29, 1.82) is 5.26 Å². The lowest BCUT2D eigenvalue weighted by Gasteiger charge is -2.22. The first kappa shape index (κ1) is 24.4. The maximum Gasteiger partial charge on any atom is 0.123 e. The van der Waals surface area contributed by atoms with Crippen molar-refractivity contribution < 1.29 is 4.39 Å². The predicted molar refractivity (Wildman–Crippen MR) is 148 cm³/mol. The number of rotatable bonds is 7. The van der Waals surface area contributed by atoms with Crippen LogP contribution in [0.15, 0.2) is 79.0 Å². The van der Waals surface area contributed by atoms with E-state index < -0.39 is 0 Å². The lowest BCUT2D eigenvalue weighted by molar-refractivity contribution is 0.625. The monoisotopic (exact) mass is 488 g/mol. The van der Waals surface area contributed by atoms with E-state index in [1.54, 1.807) is 0 Å². The second-order valence-corrected chi connectivity index (χ2v) is 9.49. The molecule has 4 nitrogen and oxygen atoms in total. The highest BCUT2D eigenvalue weighted by Crippen LogP contribution is 2.37. The maximum atomic E-state index is 13.7. The van der Waals surface area contributed by atoms with E-state index in [2.05, 4.69) is 38.6 Å². The van der Waals surface area contributed by atoms with E-state index in [-0.39, 0.29) is 11.7 Å². The van der Waals surface area contributed by atoms with Gasteiger partial charge in [-0.15, -0.1) is 0 Å². The third-order valence-electron chi connectivity index (χ3n) is 7.32. The number of pyridine rings is 1. The predicted octanol–water partition coefficient (Wildman–Crippen LogP) is 7.65. The molecule has 2 heterocycles. The molecule has 0 aliphatic heterocycles. The summed E-state index contributed by atoms with van der Waals surface area (Å²) in [4.78, 5) is 4.79. The number of halogens is 1. The molecular formula is C32H29FN4. The molecule has 2 aromatic heterocycles. The molecule has 0 aliphatic rings. The van der Waals surface area contributed by atoms with Crippen molar-refractivity contribution in [3.63, 3.8) is 0 Å². The summed E-state index contributed by atoms with van der Waals surface area (Å²) in [5.74, 6) is -0.141. The number of aromatic nitrogens is 3. The molecule has 5 heteroatoms. The SMILES string of the molecule is C=C(CC)C(Cc1cc2c(cc1CC)ncc1c2c(-c2ccc(C#N)cc2)nn1C)c1ccc(F)cc1. The third kappa shape index (κ3) is 4.51. The van der Waals surface area contributed by atoms with E-state index in [1.807, 2.05) is 54.3 Å². The van der Waals surface area contributed by atoms with E-state index in [9.17, 15) is 9.65 Å². The Morgan fingerprint density at radius 2 is 1.78 bits per heavy atom. The summed E-state index contributed by atoms with van der Waals surface area (Å²) >= 11 is 0. The van der Waals surface area contributed by atoms with Gasteiger partial charge in [-0.3, -0.25) is 9.67 Å². The molecule has 5 rings (SSSR count). The van der Waals surface area contributed by atoms with Crippen molar-refractivity contribution in [2.75, 3.05) is 0 Å². The molecule has 1 atom stereocenters. The van der Waals surface area contributed by atoms with E-state index >= 15 is 0 Å². The number of hydrogen-bond donors (Lipinski definition) is 0. The number of hydrogen-bond acceptors (Lipinski definition) is 3. The summed E-state index contributed by atoms with van der Waals surface area (Å²) in [5.41, 5.74) is 9.03. The minimum Gasteiger partial charge on any atom is -0.266 e. The summed E-state index contributed by atoms with van der Waals surface area (Å²) < 4.78 is 15.5. The highest BCUT2D eigenvalue weighted by Gasteiger charge is 2.20. The zero-order valence-corrected chi connectivity index (χ0v) is 21.4. The lowest BCUT2D eigenvalue weighted by Crippen LogP contribution is -2.08. The molecule has 0 fully saturated rings. The number of allylic oxidation sites excluding steroid dienone is 1. The first-order valence-electron chi connectivity index (χ1n) is 12.6. The second-order valence-electron chi connectivity index (χ2n) is 9.49. The van der Waals surface area contributed by atoms with Gasteiger partial charge in [-0.25, -0.2) is 4.39 Å². The average molecular weight is 489 g/mol. The van der Waals surface area contributed by atoms with Gasteiger partial charge in [0.25, 0.3) is 0 Å². The molecule has 0 aliphatic carbocycles. The largest absolute Gasteiger partial charge is 0.266 e. The number of fused-ring (bicyclic) bond motifs is 3. The highest BCUT2D eigenvalue weighted by molar-refractivity contribution is 6.11. The Hall–Kier alpha value is -4.30. The van der Waals surface area contributed by atoms with Crippen molar-refractivity contribution in [3.05, 3.63) is 107 Å². The molecule has 0 N–H and O–H groups in total.